The Bertz CT molecular complexity index is 2350. The van der Waals surface area contributed by atoms with E-state index in [2.05, 4.69) is 75.9 Å². The van der Waals surface area contributed by atoms with E-state index >= 15 is 0 Å². The molecule has 52 heavy (non-hydrogen) atoms. The van der Waals surface area contributed by atoms with Gasteiger partial charge < -0.3 is 14.4 Å². The molecular weight excluding hydrogens is 843 g/mol. The second kappa shape index (κ2) is 15.4. The van der Waals surface area contributed by atoms with Crippen LogP contribution in [-0.4, -0.2) is 18.0 Å². The summed E-state index contributed by atoms with van der Waals surface area (Å²) in [5.41, 5.74) is 10.5. The first-order chi connectivity index (χ1) is 24.1. The third-order valence-electron chi connectivity index (χ3n) is 8.96. The van der Waals surface area contributed by atoms with E-state index in [0.29, 0.717) is 28.0 Å². The van der Waals surface area contributed by atoms with Gasteiger partial charge in [-0.1, -0.05) is 86.8 Å². The van der Waals surface area contributed by atoms with E-state index in [1.807, 2.05) is 57.2 Å². The summed E-state index contributed by atoms with van der Waals surface area (Å²) in [6.07, 6.45) is 4.44. The van der Waals surface area contributed by atoms with Gasteiger partial charge in [0.05, 0.1) is 19.9 Å². The fourth-order valence-corrected chi connectivity index (χ4v) is 8.44. The zero-order chi connectivity index (χ0) is 36.7. The number of benzene rings is 4. The van der Waals surface area contributed by atoms with Crippen LogP contribution >= 0.6 is 0 Å². The Labute approximate surface area is 320 Å². The molecule has 3 heterocycles. The molecule has 4 aromatic carbocycles. The van der Waals surface area contributed by atoms with Crippen LogP contribution in [0.25, 0.3) is 55.6 Å². The van der Waals surface area contributed by atoms with Crippen LogP contribution in [0.1, 0.15) is 43.0 Å². The van der Waals surface area contributed by atoms with Crippen LogP contribution in [0, 0.1) is 50.0 Å². The molecule has 0 aliphatic heterocycles. The topological polar surface area (TPSA) is 38.9 Å². The number of fused-ring (bicyclic) bond motifs is 3. The molecule has 0 spiro atoms. The number of hydrogen-bond donors (Lipinski definition) is 0. The Hall–Kier alpha value is -4.29. The van der Waals surface area contributed by atoms with E-state index in [0.717, 1.165) is 50.7 Å². The number of pyridine rings is 2. The van der Waals surface area contributed by atoms with Crippen molar-refractivity contribution in [2.45, 2.75) is 67.6 Å². The summed E-state index contributed by atoms with van der Waals surface area (Å²) in [6, 6.07) is 30.8. The van der Waals surface area contributed by atoms with Gasteiger partial charge in [-0.05, 0) is 78.0 Å². The van der Waals surface area contributed by atoms with Crippen LogP contribution in [-0.2, 0) is 26.5 Å². The van der Waals surface area contributed by atoms with E-state index < -0.39 is 8.07 Å². The van der Waals surface area contributed by atoms with Crippen molar-refractivity contribution >= 4 is 35.2 Å². The van der Waals surface area contributed by atoms with Crippen molar-refractivity contribution in [2.24, 2.45) is 5.41 Å². The van der Waals surface area contributed by atoms with Crippen LogP contribution in [0.2, 0.25) is 19.6 Å². The van der Waals surface area contributed by atoms with Crippen molar-refractivity contribution in [2.75, 3.05) is 0 Å². The van der Waals surface area contributed by atoms with Crippen molar-refractivity contribution in [1.82, 2.24) is 9.97 Å². The summed E-state index contributed by atoms with van der Waals surface area (Å²) in [4.78, 5) is 9.02. The van der Waals surface area contributed by atoms with Gasteiger partial charge in [-0.15, -0.1) is 54.1 Å². The molecule has 3 aromatic heterocycles. The molecule has 0 amide bonds. The third kappa shape index (κ3) is 8.49. The van der Waals surface area contributed by atoms with Gasteiger partial charge >= 0.3 is 0 Å². The maximum absolute atomic E-state index is 14.8. The SMILES string of the molecule is CC(C)(C)Cc1cc(-c2[c-]cccc2)ncc1[Si](C)(C)C.Cc1cc(C)c(-c2cc(-c3[c-]ccc4c3oc3cc(F)ccc34)ncc2F)c(C)c1.[Ir]. The minimum absolute atomic E-state index is 0. The fourth-order valence-electron chi connectivity index (χ4n) is 6.87. The van der Waals surface area contributed by atoms with Gasteiger partial charge in [0.15, 0.2) is 0 Å². The normalized spacial score (nSPS) is 11.7. The summed E-state index contributed by atoms with van der Waals surface area (Å²) < 4.78 is 34.4. The Kier molecular flexibility index (Phi) is 11.5. The van der Waals surface area contributed by atoms with Gasteiger partial charge in [0.2, 0.25) is 0 Å². The standard InChI is InChI=1S/C26H18F2NO.C19H26NSi.Ir/c1-14-9-15(2)25(16(3)10-14)21-12-23(29-13-22(21)28)20-6-4-5-19-18-8-7-17(27)11-24(18)30-26(19)20;1-19(2,3)13-16-12-17(15-10-8-7-9-11-15)20-14-18(16)21(4,5)6;/h4-5,7-13H,1-3H3;7-10,12,14H,13H2,1-6H3;/q2*-1;. The van der Waals surface area contributed by atoms with E-state index in [4.69, 9.17) is 9.40 Å². The van der Waals surface area contributed by atoms with E-state index in [1.165, 1.54) is 29.1 Å². The quantitative estimate of drug-likeness (QED) is 0.128. The summed E-state index contributed by atoms with van der Waals surface area (Å²) in [5.74, 6) is -0.743. The smallest absolute Gasteiger partial charge is 0.147 e. The minimum atomic E-state index is -1.37. The average Bonchev–Trinajstić information content (AvgIpc) is 3.42. The Morgan fingerprint density at radius 1 is 0.769 bits per heavy atom. The van der Waals surface area contributed by atoms with Gasteiger partial charge in [-0.3, -0.25) is 0 Å². The molecule has 0 saturated carbocycles. The molecule has 269 valence electrons. The van der Waals surface area contributed by atoms with Crippen molar-refractivity contribution < 1.29 is 33.3 Å². The molecule has 0 aliphatic carbocycles. The van der Waals surface area contributed by atoms with E-state index in [1.54, 1.807) is 18.2 Å². The first-order valence-corrected chi connectivity index (χ1v) is 20.8. The molecule has 0 saturated heterocycles. The van der Waals surface area contributed by atoms with Crippen molar-refractivity contribution in [3.63, 3.8) is 0 Å². The molecular formula is C45H44F2IrN2OSi-2. The van der Waals surface area contributed by atoms with Gasteiger partial charge in [0, 0.05) is 43.3 Å². The number of hydrogen-bond acceptors (Lipinski definition) is 3. The monoisotopic (exact) mass is 887 g/mol. The number of aryl methyl sites for hydroxylation is 3. The Morgan fingerprint density at radius 3 is 2.13 bits per heavy atom. The molecule has 0 bridgehead atoms. The van der Waals surface area contributed by atoms with E-state index in [-0.39, 0.29) is 37.2 Å². The van der Waals surface area contributed by atoms with Gasteiger partial charge in [-0.2, -0.15) is 0 Å². The molecule has 0 N–H and O–H groups in total. The van der Waals surface area contributed by atoms with Crippen LogP contribution in [0.4, 0.5) is 8.78 Å². The number of aromatic nitrogens is 2. The predicted octanol–water partition coefficient (Wildman–Crippen LogP) is 12.0. The number of nitrogens with zero attached hydrogens (tertiary/aromatic N) is 2. The van der Waals surface area contributed by atoms with Crippen LogP contribution in [0.15, 0.2) is 95.7 Å². The van der Waals surface area contributed by atoms with Crippen molar-refractivity contribution in [3.05, 3.63) is 137 Å². The summed E-state index contributed by atoms with van der Waals surface area (Å²) >= 11 is 0. The summed E-state index contributed by atoms with van der Waals surface area (Å²) in [5, 5.41) is 3.14. The molecule has 7 aromatic rings. The Balaban J connectivity index is 0.000000210. The largest absolute Gasteiger partial charge is 0.500 e. The second-order valence-electron chi connectivity index (χ2n) is 15.7. The first-order valence-electron chi connectivity index (χ1n) is 17.3. The zero-order valence-corrected chi connectivity index (χ0v) is 34.7. The van der Waals surface area contributed by atoms with Crippen LogP contribution in [0.5, 0.6) is 0 Å². The van der Waals surface area contributed by atoms with Crippen LogP contribution in [0.3, 0.4) is 0 Å². The molecule has 3 nitrogen and oxygen atoms in total. The third-order valence-corrected chi connectivity index (χ3v) is 11.0. The maximum atomic E-state index is 14.8. The predicted molar refractivity (Wildman–Crippen MR) is 210 cm³/mol. The van der Waals surface area contributed by atoms with Crippen LogP contribution < -0.4 is 5.19 Å². The first kappa shape index (κ1) is 38.9. The molecule has 1 radical (unpaired) electrons. The maximum Gasteiger partial charge on any atom is 0.147 e. The number of halogens is 2. The Morgan fingerprint density at radius 2 is 1.48 bits per heavy atom. The molecule has 7 heteroatoms. The average molecular weight is 887 g/mol. The summed E-state index contributed by atoms with van der Waals surface area (Å²) in [6.45, 7) is 20.1. The van der Waals surface area contributed by atoms with Gasteiger partial charge in [0.25, 0.3) is 0 Å². The fraction of sp³-hybridized carbons (Fsp3) is 0.244. The second-order valence-corrected chi connectivity index (χ2v) is 20.7. The minimum Gasteiger partial charge on any atom is -0.500 e. The molecule has 0 atom stereocenters. The summed E-state index contributed by atoms with van der Waals surface area (Å²) in [7, 11) is -1.37. The zero-order valence-electron chi connectivity index (χ0n) is 31.3. The van der Waals surface area contributed by atoms with Gasteiger partial charge in [0.1, 0.15) is 17.2 Å². The van der Waals surface area contributed by atoms with E-state index in [9.17, 15) is 8.78 Å². The number of rotatable bonds is 5. The molecule has 7 rings (SSSR count). The van der Waals surface area contributed by atoms with Crippen molar-refractivity contribution in [3.8, 4) is 33.6 Å². The molecule has 0 aliphatic rings. The van der Waals surface area contributed by atoms with Crippen molar-refractivity contribution in [1.29, 1.82) is 0 Å². The molecule has 0 unspecified atom stereocenters. The van der Waals surface area contributed by atoms with Gasteiger partial charge in [-0.25, -0.2) is 8.78 Å². The number of furan rings is 1. The molecule has 0 fully saturated rings.